The lowest BCUT2D eigenvalue weighted by Gasteiger charge is -2.29. The number of piperidine rings is 1. The molecule has 1 unspecified atom stereocenters. The highest BCUT2D eigenvalue weighted by atomic mass is 16.2. The first-order chi connectivity index (χ1) is 11.9. The maximum atomic E-state index is 12.7. The summed E-state index contributed by atoms with van der Waals surface area (Å²) in [5.41, 5.74) is 3.30. The van der Waals surface area contributed by atoms with Crippen LogP contribution in [-0.4, -0.2) is 38.2 Å². The molecule has 3 heterocycles. The van der Waals surface area contributed by atoms with Gasteiger partial charge in [-0.3, -0.25) is 19.7 Å². The predicted octanol–water partition coefficient (Wildman–Crippen LogP) is 1.16. The fourth-order valence-electron chi connectivity index (χ4n) is 3.43. The van der Waals surface area contributed by atoms with E-state index in [2.05, 4.69) is 10.3 Å². The van der Waals surface area contributed by atoms with Crippen LogP contribution in [0.15, 0.2) is 24.4 Å². The SMILES string of the molecule is Cc1nc(-c2ccc3c(c2)CN(C2CCC(=O)NC2=O)C3=O)cn1C. The van der Waals surface area contributed by atoms with Gasteiger partial charge in [-0.1, -0.05) is 6.07 Å². The Balaban J connectivity index is 1.63. The van der Waals surface area contributed by atoms with Crippen molar-refractivity contribution in [2.75, 3.05) is 0 Å². The summed E-state index contributed by atoms with van der Waals surface area (Å²) in [5, 5.41) is 2.32. The van der Waals surface area contributed by atoms with Gasteiger partial charge in [-0.2, -0.15) is 0 Å². The highest BCUT2D eigenvalue weighted by molar-refractivity contribution is 6.05. The summed E-state index contributed by atoms with van der Waals surface area (Å²) in [6, 6.07) is 5.05. The monoisotopic (exact) mass is 338 g/mol. The molecular weight excluding hydrogens is 320 g/mol. The zero-order valence-electron chi connectivity index (χ0n) is 14.1. The van der Waals surface area contributed by atoms with Gasteiger partial charge in [0.25, 0.3) is 5.91 Å². The largest absolute Gasteiger partial charge is 0.338 e. The molecule has 128 valence electrons. The van der Waals surface area contributed by atoms with Crippen LogP contribution in [0.2, 0.25) is 0 Å². The minimum atomic E-state index is -0.585. The number of benzene rings is 1. The van der Waals surface area contributed by atoms with E-state index in [-0.39, 0.29) is 18.2 Å². The van der Waals surface area contributed by atoms with Crippen molar-refractivity contribution in [2.45, 2.75) is 32.4 Å². The standard InChI is InChI=1S/C18H18N4O3/c1-10-19-14(9-21(10)2)11-3-4-13-12(7-11)8-22(18(13)25)15-5-6-16(23)20-17(15)24/h3-4,7,9,15H,5-6,8H2,1-2H3,(H,20,23,24). The van der Waals surface area contributed by atoms with Crippen molar-refractivity contribution in [1.82, 2.24) is 19.8 Å². The van der Waals surface area contributed by atoms with Crippen molar-refractivity contribution < 1.29 is 14.4 Å². The predicted molar refractivity (Wildman–Crippen MR) is 89.4 cm³/mol. The fraction of sp³-hybridized carbons (Fsp3) is 0.333. The lowest BCUT2D eigenvalue weighted by molar-refractivity contribution is -0.136. The van der Waals surface area contributed by atoms with E-state index < -0.39 is 11.9 Å². The molecule has 0 radical (unpaired) electrons. The molecule has 1 atom stereocenters. The lowest BCUT2D eigenvalue weighted by Crippen LogP contribution is -2.52. The maximum absolute atomic E-state index is 12.7. The number of nitrogens with one attached hydrogen (secondary N) is 1. The summed E-state index contributed by atoms with van der Waals surface area (Å²) in [4.78, 5) is 42.1. The van der Waals surface area contributed by atoms with Crippen LogP contribution in [0.3, 0.4) is 0 Å². The molecule has 7 heteroatoms. The molecule has 25 heavy (non-hydrogen) atoms. The Morgan fingerprint density at radius 1 is 1.24 bits per heavy atom. The molecular formula is C18H18N4O3. The van der Waals surface area contributed by atoms with E-state index in [9.17, 15) is 14.4 Å². The van der Waals surface area contributed by atoms with Crippen LogP contribution in [0, 0.1) is 6.92 Å². The van der Waals surface area contributed by atoms with E-state index in [1.807, 2.05) is 36.9 Å². The number of hydrogen-bond acceptors (Lipinski definition) is 4. The van der Waals surface area contributed by atoms with Gasteiger partial charge < -0.3 is 9.47 Å². The molecule has 2 aliphatic rings. The second-order valence-electron chi connectivity index (χ2n) is 6.56. The zero-order chi connectivity index (χ0) is 17.7. The van der Waals surface area contributed by atoms with Gasteiger partial charge in [0.1, 0.15) is 11.9 Å². The van der Waals surface area contributed by atoms with Crippen LogP contribution in [0.25, 0.3) is 11.3 Å². The van der Waals surface area contributed by atoms with Gasteiger partial charge in [-0.15, -0.1) is 0 Å². The van der Waals surface area contributed by atoms with Crippen LogP contribution in [0.5, 0.6) is 0 Å². The Morgan fingerprint density at radius 3 is 2.72 bits per heavy atom. The molecule has 1 saturated heterocycles. The highest BCUT2D eigenvalue weighted by Crippen LogP contribution is 2.30. The van der Waals surface area contributed by atoms with Crippen molar-refractivity contribution in [3.05, 3.63) is 41.3 Å². The molecule has 7 nitrogen and oxygen atoms in total. The average Bonchev–Trinajstić information content (AvgIpc) is 3.08. The van der Waals surface area contributed by atoms with Crippen LogP contribution in [0.4, 0.5) is 0 Å². The van der Waals surface area contributed by atoms with Gasteiger partial charge in [-0.25, -0.2) is 4.98 Å². The van der Waals surface area contributed by atoms with Crippen molar-refractivity contribution in [1.29, 1.82) is 0 Å². The first-order valence-electron chi connectivity index (χ1n) is 8.22. The lowest BCUT2D eigenvalue weighted by atomic mass is 10.0. The molecule has 1 fully saturated rings. The summed E-state index contributed by atoms with van der Waals surface area (Å²) < 4.78 is 1.95. The second kappa shape index (κ2) is 5.54. The van der Waals surface area contributed by atoms with E-state index in [4.69, 9.17) is 0 Å². The van der Waals surface area contributed by atoms with E-state index in [0.29, 0.717) is 18.5 Å². The van der Waals surface area contributed by atoms with Crippen molar-refractivity contribution in [3.8, 4) is 11.3 Å². The number of aromatic nitrogens is 2. The van der Waals surface area contributed by atoms with Gasteiger partial charge in [0, 0.05) is 37.3 Å². The minimum absolute atomic E-state index is 0.159. The molecule has 0 saturated carbocycles. The molecule has 2 aromatic rings. The molecule has 0 aliphatic carbocycles. The first-order valence-corrected chi connectivity index (χ1v) is 8.22. The Morgan fingerprint density at radius 2 is 2.04 bits per heavy atom. The van der Waals surface area contributed by atoms with Crippen molar-refractivity contribution in [3.63, 3.8) is 0 Å². The number of nitrogens with zero attached hydrogens (tertiary/aromatic N) is 3. The van der Waals surface area contributed by atoms with E-state index in [1.165, 1.54) is 0 Å². The number of rotatable bonds is 2. The molecule has 1 N–H and O–H groups in total. The normalized spacial score (nSPS) is 20.0. The Bertz CT molecular complexity index is 896. The summed E-state index contributed by atoms with van der Waals surface area (Å²) in [6.45, 7) is 2.31. The Kier molecular flexibility index (Phi) is 3.45. The average molecular weight is 338 g/mol. The fourth-order valence-corrected chi connectivity index (χ4v) is 3.43. The Hall–Kier alpha value is -2.96. The number of amides is 3. The van der Waals surface area contributed by atoms with Gasteiger partial charge >= 0.3 is 0 Å². The molecule has 3 amide bonds. The highest BCUT2D eigenvalue weighted by Gasteiger charge is 2.39. The molecule has 0 bridgehead atoms. The van der Waals surface area contributed by atoms with Crippen molar-refractivity contribution >= 4 is 17.7 Å². The van der Waals surface area contributed by atoms with Gasteiger partial charge in [0.2, 0.25) is 11.8 Å². The summed E-state index contributed by atoms with van der Waals surface area (Å²) >= 11 is 0. The minimum Gasteiger partial charge on any atom is -0.338 e. The first kappa shape index (κ1) is 15.6. The quantitative estimate of drug-likeness (QED) is 0.833. The Labute approximate surface area is 144 Å². The van der Waals surface area contributed by atoms with Crippen LogP contribution < -0.4 is 5.32 Å². The number of carbonyl (C=O) groups is 3. The van der Waals surface area contributed by atoms with Crippen LogP contribution in [-0.2, 0) is 23.2 Å². The second-order valence-corrected chi connectivity index (χ2v) is 6.56. The molecule has 1 aromatic carbocycles. The molecule has 2 aliphatic heterocycles. The third-order valence-corrected chi connectivity index (χ3v) is 4.93. The summed E-state index contributed by atoms with van der Waals surface area (Å²) in [5.74, 6) is 0.0844. The van der Waals surface area contributed by atoms with Gasteiger partial charge in [0.15, 0.2) is 0 Å². The number of hydrogen-bond donors (Lipinski definition) is 1. The number of carbonyl (C=O) groups excluding carboxylic acids is 3. The van der Waals surface area contributed by atoms with E-state index in [0.717, 1.165) is 22.6 Å². The number of fused-ring (bicyclic) bond motifs is 1. The summed E-state index contributed by atoms with van der Waals surface area (Å²) in [7, 11) is 1.94. The maximum Gasteiger partial charge on any atom is 0.255 e. The summed E-state index contributed by atoms with van der Waals surface area (Å²) in [6.07, 6.45) is 2.58. The molecule has 1 aromatic heterocycles. The zero-order valence-corrected chi connectivity index (χ0v) is 14.1. The molecule has 4 rings (SSSR count). The van der Waals surface area contributed by atoms with E-state index >= 15 is 0 Å². The number of imide groups is 1. The van der Waals surface area contributed by atoms with Crippen LogP contribution >= 0.6 is 0 Å². The number of aryl methyl sites for hydroxylation is 2. The third kappa shape index (κ3) is 2.52. The molecule has 0 spiro atoms. The van der Waals surface area contributed by atoms with Crippen molar-refractivity contribution in [2.24, 2.45) is 7.05 Å². The smallest absolute Gasteiger partial charge is 0.255 e. The number of imidazole rings is 1. The van der Waals surface area contributed by atoms with Gasteiger partial charge in [-0.05, 0) is 31.0 Å². The van der Waals surface area contributed by atoms with Crippen LogP contribution in [0.1, 0.15) is 34.6 Å². The topological polar surface area (TPSA) is 84.3 Å². The van der Waals surface area contributed by atoms with Gasteiger partial charge in [0.05, 0.1) is 5.69 Å². The third-order valence-electron chi connectivity index (χ3n) is 4.93. The van der Waals surface area contributed by atoms with E-state index in [1.54, 1.807) is 11.0 Å².